The molecule has 1 saturated heterocycles. The van der Waals surface area contributed by atoms with Gasteiger partial charge in [0.2, 0.25) is 5.91 Å². The number of morpholine rings is 1. The van der Waals surface area contributed by atoms with Crippen molar-refractivity contribution in [2.45, 2.75) is 20.0 Å². The summed E-state index contributed by atoms with van der Waals surface area (Å²) in [5.41, 5.74) is 0. The number of para-hydroxylation sites is 1. The Balaban J connectivity index is 1.59. The average molecular weight is 364 g/mol. The van der Waals surface area contributed by atoms with Crippen LogP contribution in [0.1, 0.15) is 13.8 Å². The van der Waals surface area contributed by atoms with Crippen molar-refractivity contribution in [3.63, 3.8) is 0 Å². The zero-order valence-electron chi connectivity index (χ0n) is 16.3. The van der Waals surface area contributed by atoms with Gasteiger partial charge in [-0.2, -0.15) is 0 Å². The number of hydrogen-bond acceptors (Lipinski definition) is 5. The third-order valence-electron chi connectivity index (χ3n) is 4.27. The van der Waals surface area contributed by atoms with Crippen LogP contribution in [0.2, 0.25) is 0 Å². The maximum atomic E-state index is 12.1. The number of amides is 1. The number of carbonyl (C=O) groups excluding carboxylic acids is 1. The number of benzene rings is 1. The van der Waals surface area contributed by atoms with Crippen molar-refractivity contribution in [2.24, 2.45) is 5.92 Å². The average Bonchev–Trinajstić information content (AvgIpc) is 2.61. The van der Waals surface area contributed by atoms with Crippen molar-refractivity contribution >= 4 is 5.91 Å². The van der Waals surface area contributed by atoms with Gasteiger partial charge in [0, 0.05) is 32.7 Å². The highest BCUT2D eigenvalue weighted by Crippen LogP contribution is 2.08. The molecule has 1 amide bonds. The molecule has 1 N–H and O–H groups in total. The van der Waals surface area contributed by atoms with Gasteiger partial charge >= 0.3 is 0 Å². The number of hydrogen-bond donors (Lipinski definition) is 1. The molecule has 146 valence electrons. The second-order valence-electron chi connectivity index (χ2n) is 7.35. The van der Waals surface area contributed by atoms with Crippen LogP contribution < -0.4 is 10.1 Å². The molecule has 1 aromatic rings. The lowest BCUT2D eigenvalue weighted by molar-refractivity contribution is -0.123. The summed E-state index contributed by atoms with van der Waals surface area (Å²) < 4.78 is 11.4. The molecule has 1 heterocycles. The molecular weight excluding hydrogens is 330 g/mol. The lowest BCUT2D eigenvalue weighted by Crippen LogP contribution is -2.49. The molecule has 0 spiro atoms. The topological polar surface area (TPSA) is 54.0 Å². The van der Waals surface area contributed by atoms with Crippen LogP contribution in [0.15, 0.2) is 30.3 Å². The van der Waals surface area contributed by atoms with Crippen LogP contribution in [-0.4, -0.2) is 81.3 Å². The van der Waals surface area contributed by atoms with Crippen molar-refractivity contribution in [3.05, 3.63) is 30.3 Å². The number of nitrogens with one attached hydrogen (secondary N) is 1. The summed E-state index contributed by atoms with van der Waals surface area (Å²) in [5.74, 6) is 1.53. The van der Waals surface area contributed by atoms with E-state index in [2.05, 4.69) is 24.1 Å². The van der Waals surface area contributed by atoms with E-state index in [9.17, 15) is 4.79 Å². The second kappa shape index (κ2) is 11.2. The highest BCUT2D eigenvalue weighted by molar-refractivity contribution is 5.77. The number of ether oxygens (including phenoxy) is 2. The van der Waals surface area contributed by atoms with Crippen molar-refractivity contribution in [1.82, 2.24) is 15.1 Å². The van der Waals surface area contributed by atoms with E-state index in [1.54, 1.807) is 0 Å². The first-order valence-corrected chi connectivity index (χ1v) is 9.50. The van der Waals surface area contributed by atoms with Gasteiger partial charge in [0.1, 0.15) is 12.4 Å². The van der Waals surface area contributed by atoms with Gasteiger partial charge < -0.3 is 14.8 Å². The van der Waals surface area contributed by atoms with E-state index in [-0.39, 0.29) is 12.0 Å². The van der Waals surface area contributed by atoms with Crippen molar-refractivity contribution in [3.8, 4) is 5.75 Å². The summed E-state index contributed by atoms with van der Waals surface area (Å²) >= 11 is 0. The molecule has 6 heteroatoms. The number of likely N-dealkylation sites (N-methyl/N-ethyl adjacent to an activating group) is 1. The summed E-state index contributed by atoms with van der Waals surface area (Å²) in [5, 5.41) is 2.99. The third kappa shape index (κ3) is 8.17. The van der Waals surface area contributed by atoms with Crippen molar-refractivity contribution in [1.29, 1.82) is 0 Å². The van der Waals surface area contributed by atoms with Gasteiger partial charge in [-0.25, -0.2) is 0 Å². The molecule has 0 aromatic heterocycles. The first kappa shape index (κ1) is 20.7. The van der Waals surface area contributed by atoms with Crippen molar-refractivity contribution < 1.29 is 14.3 Å². The molecule has 0 radical (unpaired) electrons. The van der Waals surface area contributed by atoms with E-state index in [0.717, 1.165) is 32.0 Å². The SMILES string of the molecule is CC(C)CN1CCOC(CNC(=O)CN(C)CCOc2ccccc2)C1. The summed E-state index contributed by atoms with van der Waals surface area (Å²) in [6.07, 6.45) is 0.0816. The van der Waals surface area contributed by atoms with Crippen LogP contribution in [0.5, 0.6) is 5.75 Å². The third-order valence-corrected chi connectivity index (χ3v) is 4.27. The minimum absolute atomic E-state index is 0.0248. The fraction of sp³-hybridized carbons (Fsp3) is 0.650. The van der Waals surface area contributed by atoms with E-state index < -0.39 is 0 Å². The smallest absolute Gasteiger partial charge is 0.234 e. The van der Waals surface area contributed by atoms with Crippen LogP contribution in [0, 0.1) is 5.92 Å². The normalized spacial score (nSPS) is 18.3. The molecule has 6 nitrogen and oxygen atoms in total. The Morgan fingerprint density at radius 3 is 2.88 bits per heavy atom. The summed E-state index contributed by atoms with van der Waals surface area (Å²) in [7, 11) is 1.93. The zero-order valence-corrected chi connectivity index (χ0v) is 16.3. The van der Waals surface area contributed by atoms with Gasteiger partial charge in [0.15, 0.2) is 0 Å². The predicted octanol–water partition coefficient (Wildman–Crippen LogP) is 1.47. The molecule has 0 saturated carbocycles. The van der Waals surface area contributed by atoms with Crippen LogP contribution in [0.25, 0.3) is 0 Å². The highest BCUT2D eigenvalue weighted by atomic mass is 16.5. The molecule has 1 aliphatic heterocycles. The maximum Gasteiger partial charge on any atom is 0.234 e. The van der Waals surface area contributed by atoms with Crippen LogP contribution >= 0.6 is 0 Å². The Bertz CT molecular complexity index is 524. The van der Waals surface area contributed by atoms with E-state index in [4.69, 9.17) is 9.47 Å². The largest absolute Gasteiger partial charge is 0.492 e. The van der Waals surface area contributed by atoms with Crippen LogP contribution in [0.4, 0.5) is 0 Å². The van der Waals surface area contributed by atoms with Gasteiger partial charge in [0.05, 0.1) is 19.3 Å². The van der Waals surface area contributed by atoms with Gasteiger partial charge in [-0.15, -0.1) is 0 Å². The Morgan fingerprint density at radius 1 is 1.38 bits per heavy atom. The Morgan fingerprint density at radius 2 is 2.15 bits per heavy atom. The molecule has 0 bridgehead atoms. The van der Waals surface area contributed by atoms with E-state index >= 15 is 0 Å². The zero-order chi connectivity index (χ0) is 18.8. The standard InChI is InChI=1S/C20H33N3O3/c1-17(2)14-23-10-12-26-19(15-23)13-21-20(24)16-22(3)9-11-25-18-7-5-4-6-8-18/h4-8,17,19H,9-16H2,1-3H3,(H,21,24). The lowest BCUT2D eigenvalue weighted by Gasteiger charge is -2.34. The van der Waals surface area contributed by atoms with Crippen LogP contribution in [0.3, 0.4) is 0 Å². The summed E-state index contributed by atoms with van der Waals surface area (Å²) in [6.45, 7) is 10.3. The Hall–Kier alpha value is -1.63. The van der Waals surface area contributed by atoms with Gasteiger partial charge in [0.25, 0.3) is 0 Å². The maximum absolute atomic E-state index is 12.1. The molecule has 0 aliphatic carbocycles. The molecular formula is C20H33N3O3. The summed E-state index contributed by atoms with van der Waals surface area (Å²) in [4.78, 5) is 16.5. The Labute approximate surface area is 157 Å². The minimum Gasteiger partial charge on any atom is -0.492 e. The molecule has 1 aliphatic rings. The highest BCUT2D eigenvalue weighted by Gasteiger charge is 2.21. The molecule has 1 unspecified atom stereocenters. The first-order chi connectivity index (χ1) is 12.5. The van der Waals surface area contributed by atoms with Gasteiger partial charge in [-0.1, -0.05) is 32.0 Å². The fourth-order valence-electron chi connectivity index (χ4n) is 3.03. The fourth-order valence-corrected chi connectivity index (χ4v) is 3.03. The number of nitrogens with zero attached hydrogens (tertiary/aromatic N) is 2. The monoisotopic (exact) mass is 363 g/mol. The molecule has 26 heavy (non-hydrogen) atoms. The van der Waals surface area contributed by atoms with E-state index in [1.165, 1.54) is 0 Å². The van der Waals surface area contributed by atoms with Gasteiger partial charge in [-0.05, 0) is 25.1 Å². The minimum atomic E-state index is 0.0248. The van der Waals surface area contributed by atoms with E-state index in [1.807, 2.05) is 42.3 Å². The Kier molecular flexibility index (Phi) is 8.88. The van der Waals surface area contributed by atoms with Crippen molar-refractivity contribution in [2.75, 3.05) is 59.5 Å². The number of rotatable bonds is 10. The van der Waals surface area contributed by atoms with Crippen LogP contribution in [-0.2, 0) is 9.53 Å². The quantitative estimate of drug-likeness (QED) is 0.682. The first-order valence-electron chi connectivity index (χ1n) is 9.50. The van der Waals surface area contributed by atoms with E-state index in [0.29, 0.717) is 32.2 Å². The molecule has 1 aromatic carbocycles. The second-order valence-corrected chi connectivity index (χ2v) is 7.35. The molecule has 2 rings (SSSR count). The molecule has 1 atom stereocenters. The molecule has 1 fully saturated rings. The summed E-state index contributed by atoms with van der Waals surface area (Å²) in [6, 6.07) is 9.71. The predicted molar refractivity (Wildman–Crippen MR) is 103 cm³/mol. The van der Waals surface area contributed by atoms with Gasteiger partial charge in [-0.3, -0.25) is 14.6 Å². The number of carbonyl (C=O) groups is 1. The lowest BCUT2D eigenvalue weighted by atomic mass is 10.2.